The van der Waals surface area contributed by atoms with E-state index >= 15 is 0 Å². The van der Waals surface area contributed by atoms with Gasteiger partial charge in [-0.05, 0) is 38.0 Å². The maximum absolute atomic E-state index is 13.7. The number of aromatic nitrogens is 1. The second kappa shape index (κ2) is 9.32. The lowest BCUT2D eigenvalue weighted by molar-refractivity contribution is -0.141. The Morgan fingerprint density at radius 3 is 2.36 bits per heavy atom. The van der Waals surface area contributed by atoms with E-state index in [4.69, 9.17) is 9.72 Å². The number of amides is 2. The van der Waals surface area contributed by atoms with Crippen molar-refractivity contribution in [3.8, 4) is 11.3 Å². The minimum Gasteiger partial charge on any atom is -0.378 e. The van der Waals surface area contributed by atoms with Crippen LogP contribution in [0.5, 0.6) is 0 Å². The van der Waals surface area contributed by atoms with Gasteiger partial charge in [-0.25, -0.2) is 4.98 Å². The van der Waals surface area contributed by atoms with Crippen LogP contribution in [0.3, 0.4) is 0 Å². The maximum Gasteiger partial charge on any atom is 0.254 e. The highest BCUT2D eigenvalue weighted by Gasteiger charge is 2.31. The number of fused-ring (bicyclic) bond motifs is 1. The highest BCUT2D eigenvalue weighted by atomic mass is 16.5. The first-order valence-electron chi connectivity index (χ1n) is 11.7. The fraction of sp³-hybridized carbons (Fsp3) is 0.370. The first-order chi connectivity index (χ1) is 16.1. The number of hydrogen-bond donors (Lipinski definition) is 0. The van der Waals surface area contributed by atoms with E-state index < -0.39 is 0 Å². The van der Waals surface area contributed by atoms with Crippen LogP contribution in [0.1, 0.15) is 28.8 Å². The largest absolute Gasteiger partial charge is 0.378 e. The van der Waals surface area contributed by atoms with Crippen LogP contribution >= 0.6 is 0 Å². The van der Waals surface area contributed by atoms with Crippen molar-refractivity contribution in [3.05, 3.63) is 65.7 Å². The number of carbonyl (C=O) groups is 2. The van der Waals surface area contributed by atoms with E-state index in [9.17, 15) is 9.59 Å². The van der Waals surface area contributed by atoms with Gasteiger partial charge in [0.1, 0.15) is 0 Å². The summed E-state index contributed by atoms with van der Waals surface area (Å²) in [6.07, 6.45) is 1.41. The minimum atomic E-state index is -0.0107. The number of benzene rings is 2. The standard InChI is InChI=1S/C27H29N3O3/c1-19-7-8-24-22(17-19)23(18-25(28-24)20-5-3-2-4-6-20)27(32)29-11-9-21(10-12-29)26(31)30-13-15-33-16-14-30/h2-8,17-18,21H,9-16H2,1H3. The molecular formula is C27H29N3O3. The van der Waals surface area contributed by atoms with Gasteiger partial charge in [0.25, 0.3) is 5.91 Å². The number of morpholine rings is 1. The molecule has 2 amide bonds. The Labute approximate surface area is 194 Å². The maximum atomic E-state index is 13.7. The molecule has 0 bridgehead atoms. The van der Waals surface area contributed by atoms with E-state index in [1.54, 1.807) is 0 Å². The van der Waals surface area contributed by atoms with E-state index in [1.165, 1.54) is 0 Å². The van der Waals surface area contributed by atoms with Crippen molar-refractivity contribution in [2.75, 3.05) is 39.4 Å². The first kappa shape index (κ1) is 21.6. The smallest absolute Gasteiger partial charge is 0.254 e. The number of hydrogen-bond acceptors (Lipinski definition) is 4. The van der Waals surface area contributed by atoms with Crippen molar-refractivity contribution in [3.63, 3.8) is 0 Å². The highest BCUT2D eigenvalue weighted by Crippen LogP contribution is 2.28. The van der Waals surface area contributed by atoms with Crippen LogP contribution in [0, 0.1) is 12.8 Å². The Kier molecular flexibility index (Phi) is 6.09. The van der Waals surface area contributed by atoms with Crippen LogP contribution in [0.15, 0.2) is 54.6 Å². The molecule has 33 heavy (non-hydrogen) atoms. The lowest BCUT2D eigenvalue weighted by atomic mass is 9.94. The SMILES string of the molecule is Cc1ccc2nc(-c3ccccc3)cc(C(=O)N3CCC(C(=O)N4CCOCC4)CC3)c2c1. The Morgan fingerprint density at radius 2 is 1.64 bits per heavy atom. The molecule has 3 heterocycles. The molecule has 2 aliphatic rings. The Balaban J connectivity index is 1.39. The lowest BCUT2D eigenvalue weighted by Gasteiger charge is -2.35. The summed E-state index contributed by atoms with van der Waals surface area (Å²) in [5.41, 5.74) is 4.39. The number of likely N-dealkylation sites (tertiary alicyclic amines) is 1. The molecule has 0 atom stereocenters. The Hall–Kier alpha value is -3.25. The third-order valence-electron chi connectivity index (χ3n) is 6.72. The molecule has 6 nitrogen and oxygen atoms in total. The van der Waals surface area contributed by atoms with Crippen molar-refractivity contribution in [1.29, 1.82) is 0 Å². The number of aryl methyl sites for hydroxylation is 1. The fourth-order valence-electron chi connectivity index (χ4n) is 4.82. The molecule has 3 aromatic rings. The topological polar surface area (TPSA) is 62.7 Å². The summed E-state index contributed by atoms with van der Waals surface area (Å²) < 4.78 is 5.37. The van der Waals surface area contributed by atoms with Crippen LogP contribution < -0.4 is 0 Å². The number of pyridine rings is 1. The summed E-state index contributed by atoms with van der Waals surface area (Å²) in [7, 11) is 0. The predicted molar refractivity (Wildman–Crippen MR) is 128 cm³/mol. The zero-order valence-electron chi connectivity index (χ0n) is 19.0. The first-order valence-corrected chi connectivity index (χ1v) is 11.7. The summed E-state index contributed by atoms with van der Waals surface area (Å²) in [5.74, 6) is 0.215. The zero-order chi connectivity index (χ0) is 22.8. The van der Waals surface area contributed by atoms with Gasteiger partial charge in [-0.3, -0.25) is 9.59 Å². The molecule has 5 rings (SSSR count). The van der Waals surface area contributed by atoms with Gasteiger partial charge >= 0.3 is 0 Å². The van der Waals surface area contributed by atoms with E-state index in [1.807, 2.05) is 71.3 Å². The number of nitrogens with zero attached hydrogens (tertiary/aromatic N) is 3. The molecule has 0 unspecified atom stereocenters. The summed E-state index contributed by atoms with van der Waals surface area (Å²) in [4.78, 5) is 35.2. The monoisotopic (exact) mass is 443 g/mol. The molecule has 2 aliphatic heterocycles. The van der Waals surface area contributed by atoms with Crippen LogP contribution in [0.25, 0.3) is 22.2 Å². The predicted octanol–water partition coefficient (Wildman–Crippen LogP) is 3.92. The van der Waals surface area contributed by atoms with Crippen molar-refractivity contribution < 1.29 is 14.3 Å². The van der Waals surface area contributed by atoms with Crippen LogP contribution in [-0.2, 0) is 9.53 Å². The second-order valence-corrected chi connectivity index (χ2v) is 8.95. The minimum absolute atomic E-state index is 0.0107. The molecule has 0 radical (unpaired) electrons. The number of ether oxygens (including phenoxy) is 1. The molecule has 1 aromatic heterocycles. The molecule has 2 aromatic carbocycles. The summed E-state index contributed by atoms with van der Waals surface area (Å²) >= 11 is 0. The number of rotatable bonds is 3. The van der Waals surface area contributed by atoms with Gasteiger partial charge in [0.05, 0.1) is 30.0 Å². The average Bonchev–Trinajstić information content (AvgIpc) is 2.88. The molecule has 6 heteroatoms. The Bertz CT molecular complexity index is 1160. The molecule has 2 fully saturated rings. The third kappa shape index (κ3) is 4.48. The van der Waals surface area contributed by atoms with Crippen LogP contribution in [0.2, 0.25) is 0 Å². The zero-order valence-corrected chi connectivity index (χ0v) is 19.0. The summed E-state index contributed by atoms with van der Waals surface area (Å²) in [5, 5.41) is 0.881. The van der Waals surface area contributed by atoms with Gasteiger partial charge in [0.2, 0.25) is 5.91 Å². The Morgan fingerprint density at radius 1 is 0.909 bits per heavy atom. The molecule has 170 valence electrons. The molecular weight excluding hydrogens is 414 g/mol. The van der Waals surface area contributed by atoms with Crippen LogP contribution in [0.4, 0.5) is 0 Å². The van der Waals surface area contributed by atoms with E-state index in [0.29, 0.717) is 57.8 Å². The quantitative estimate of drug-likeness (QED) is 0.616. The molecule has 0 aliphatic carbocycles. The average molecular weight is 444 g/mol. The van der Waals surface area contributed by atoms with Gasteiger partial charge in [-0.1, -0.05) is 42.0 Å². The second-order valence-electron chi connectivity index (χ2n) is 8.95. The summed E-state index contributed by atoms with van der Waals surface area (Å²) in [6.45, 7) is 5.78. The molecule has 0 spiro atoms. The number of carbonyl (C=O) groups excluding carboxylic acids is 2. The van der Waals surface area contributed by atoms with Gasteiger partial charge in [0, 0.05) is 43.0 Å². The van der Waals surface area contributed by atoms with Gasteiger partial charge in [-0.2, -0.15) is 0 Å². The van der Waals surface area contributed by atoms with E-state index in [0.717, 1.165) is 27.7 Å². The van der Waals surface area contributed by atoms with Crippen molar-refractivity contribution in [1.82, 2.24) is 14.8 Å². The fourth-order valence-corrected chi connectivity index (χ4v) is 4.82. The van der Waals surface area contributed by atoms with Gasteiger partial charge in [0.15, 0.2) is 0 Å². The van der Waals surface area contributed by atoms with Crippen LogP contribution in [-0.4, -0.2) is 66.0 Å². The third-order valence-corrected chi connectivity index (χ3v) is 6.72. The molecule has 0 saturated carbocycles. The van der Waals surface area contributed by atoms with Gasteiger partial charge in [-0.15, -0.1) is 0 Å². The highest BCUT2D eigenvalue weighted by molar-refractivity contribution is 6.07. The normalized spacial score (nSPS) is 17.4. The van der Waals surface area contributed by atoms with Gasteiger partial charge < -0.3 is 14.5 Å². The van der Waals surface area contributed by atoms with Crippen molar-refractivity contribution in [2.45, 2.75) is 19.8 Å². The van der Waals surface area contributed by atoms with Crippen molar-refractivity contribution >= 4 is 22.7 Å². The number of piperidine rings is 1. The molecule has 2 saturated heterocycles. The van der Waals surface area contributed by atoms with E-state index in [2.05, 4.69) is 0 Å². The summed E-state index contributed by atoms with van der Waals surface area (Å²) in [6, 6.07) is 17.9. The van der Waals surface area contributed by atoms with Crippen molar-refractivity contribution in [2.24, 2.45) is 5.92 Å². The van der Waals surface area contributed by atoms with E-state index in [-0.39, 0.29) is 17.7 Å². The molecule has 0 N–H and O–H groups in total. The lowest BCUT2D eigenvalue weighted by Crippen LogP contribution is -2.47.